The largest absolute Gasteiger partial charge is 0.342 e. The third kappa shape index (κ3) is 2.02. The minimum absolute atomic E-state index is 0.623. The molecule has 0 fully saturated rings. The molecule has 3 N–H and O–H groups in total. The SMILES string of the molecule is Cc1nc2ccc(-c3ncn(C)c3CCN)cc2[nH]1. The first-order valence-corrected chi connectivity index (χ1v) is 6.36. The molecule has 1 aromatic carbocycles. The fourth-order valence-electron chi connectivity index (χ4n) is 2.41. The summed E-state index contributed by atoms with van der Waals surface area (Å²) in [5.74, 6) is 0.926. The van der Waals surface area contributed by atoms with Crippen LogP contribution in [0.3, 0.4) is 0 Å². The highest BCUT2D eigenvalue weighted by Crippen LogP contribution is 2.25. The molecule has 0 spiro atoms. The van der Waals surface area contributed by atoms with Gasteiger partial charge in [-0.2, -0.15) is 0 Å². The van der Waals surface area contributed by atoms with Gasteiger partial charge in [-0.05, 0) is 25.6 Å². The summed E-state index contributed by atoms with van der Waals surface area (Å²) in [7, 11) is 2.00. The van der Waals surface area contributed by atoms with Crippen LogP contribution in [-0.4, -0.2) is 26.1 Å². The highest BCUT2D eigenvalue weighted by Gasteiger charge is 2.11. The number of aromatic amines is 1. The fraction of sp³-hybridized carbons (Fsp3) is 0.286. The molecule has 0 saturated heterocycles. The molecule has 0 radical (unpaired) electrons. The number of hydrogen-bond acceptors (Lipinski definition) is 3. The summed E-state index contributed by atoms with van der Waals surface area (Å²) in [4.78, 5) is 12.2. The molecule has 98 valence electrons. The van der Waals surface area contributed by atoms with E-state index < -0.39 is 0 Å². The lowest BCUT2D eigenvalue weighted by atomic mass is 10.1. The first kappa shape index (κ1) is 11.9. The smallest absolute Gasteiger partial charge is 0.104 e. The molecule has 0 saturated carbocycles. The highest BCUT2D eigenvalue weighted by molar-refractivity contribution is 5.81. The van der Waals surface area contributed by atoms with Crippen molar-refractivity contribution in [2.45, 2.75) is 13.3 Å². The van der Waals surface area contributed by atoms with Gasteiger partial charge in [-0.15, -0.1) is 0 Å². The van der Waals surface area contributed by atoms with E-state index in [4.69, 9.17) is 5.73 Å². The Hall–Kier alpha value is -2.14. The van der Waals surface area contributed by atoms with E-state index in [2.05, 4.69) is 27.1 Å². The predicted octanol–water partition coefficient (Wildman–Crippen LogP) is 1.77. The summed E-state index contributed by atoms with van der Waals surface area (Å²) >= 11 is 0. The monoisotopic (exact) mass is 255 g/mol. The molecule has 3 rings (SSSR count). The molecule has 0 aliphatic heterocycles. The Labute approximate surface area is 111 Å². The number of benzene rings is 1. The van der Waals surface area contributed by atoms with Gasteiger partial charge in [0.2, 0.25) is 0 Å². The van der Waals surface area contributed by atoms with E-state index in [9.17, 15) is 0 Å². The van der Waals surface area contributed by atoms with Crippen molar-refractivity contribution < 1.29 is 0 Å². The standard InChI is InChI=1S/C14H17N5/c1-9-17-11-4-3-10(7-12(11)18-9)14-13(5-6-15)19(2)8-16-14/h3-4,7-8H,5-6,15H2,1-2H3,(H,17,18). The number of imidazole rings is 2. The van der Waals surface area contributed by atoms with Crippen molar-refractivity contribution in [3.05, 3.63) is 36.0 Å². The number of H-pyrrole nitrogens is 1. The third-order valence-corrected chi connectivity index (χ3v) is 3.31. The zero-order valence-corrected chi connectivity index (χ0v) is 11.1. The summed E-state index contributed by atoms with van der Waals surface area (Å²) in [6.07, 6.45) is 2.66. The van der Waals surface area contributed by atoms with Crippen molar-refractivity contribution >= 4 is 11.0 Å². The lowest BCUT2D eigenvalue weighted by molar-refractivity contribution is 0.805. The number of aryl methyl sites for hydroxylation is 2. The van der Waals surface area contributed by atoms with E-state index >= 15 is 0 Å². The van der Waals surface area contributed by atoms with Crippen LogP contribution in [0.4, 0.5) is 0 Å². The van der Waals surface area contributed by atoms with Crippen LogP contribution >= 0.6 is 0 Å². The molecule has 0 aliphatic carbocycles. The Balaban J connectivity index is 2.13. The van der Waals surface area contributed by atoms with E-state index in [1.165, 1.54) is 0 Å². The lowest BCUT2D eigenvalue weighted by Crippen LogP contribution is -2.07. The maximum Gasteiger partial charge on any atom is 0.104 e. The normalized spacial score (nSPS) is 11.3. The molecule has 0 aliphatic rings. The average molecular weight is 255 g/mol. The lowest BCUT2D eigenvalue weighted by Gasteiger charge is -2.04. The van der Waals surface area contributed by atoms with E-state index in [-0.39, 0.29) is 0 Å². The zero-order chi connectivity index (χ0) is 13.4. The van der Waals surface area contributed by atoms with Crippen LogP contribution in [0.2, 0.25) is 0 Å². The van der Waals surface area contributed by atoms with E-state index in [0.29, 0.717) is 6.54 Å². The number of rotatable bonds is 3. The number of aromatic nitrogens is 4. The minimum Gasteiger partial charge on any atom is -0.342 e. The van der Waals surface area contributed by atoms with Gasteiger partial charge < -0.3 is 15.3 Å². The van der Waals surface area contributed by atoms with Crippen LogP contribution in [-0.2, 0) is 13.5 Å². The molecule has 0 amide bonds. The number of hydrogen-bond donors (Lipinski definition) is 2. The Morgan fingerprint density at radius 3 is 3.00 bits per heavy atom. The molecular weight excluding hydrogens is 238 g/mol. The van der Waals surface area contributed by atoms with Gasteiger partial charge in [0.05, 0.1) is 23.1 Å². The van der Waals surface area contributed by atoms with Gasteiger partial charge in [-0.1, -0.05) is 6.07 Å². The molecule has 5 heteroatoms. The molecule has 5 nitrogen and oxygen atoms in total. The molecular formula is C14H17N5. The van der Waals surface area contributed by atoms with Crippen LogP contribution in [0.5, 0.6) is 0 Å². The number of nitrogens with zero attached hydrogens (tertiary/aromatic N) is 3. The van der Waals surface area contributed by atoms with Crippen molar-refractivity contribution in [2.75, 3.05) is 6.54 Å². The summed E-state index contributed by atoms with van der Waals surface area (Å²) in [6.45, 7) is 2.58. The van der Waals surface area contributed by atoms with E-state index in [0.717, 1.165) is 40.2 Å². The summed E-state index contributed by atoms with van der Waals surface area (Å²) in [5, 5.41) is 0. The van der Waals surface area contributed by atoms with Crippen molar-refractivity contribution in [3.63, 3.8) is 0 Å². The second-order valence-corrected chi connectivity index (χ2v) is 4.74. The van der Waals surface area contributed by atoms with Crippen LogP contribution in [0.15, 0.2) is 24.5 Å². The zero-order valence-electron chi connectivity index (χ0n) is 11.1. The van der Waals surface area contributed by atoms with Crippen LogP contribution < -0.4 is 5.73 Å². The Bertz CT molecular complexity index is 723. The first-order chi connectivity index (χ1) is 9.19. The van der Waals surface area contributed by atoms with Crippen molar-refractivity contribution in [1.82, 2.24) is 19.5 Å². The quantitative estimate of drug-likeness (QED) is 0.749. The molecule has 0 atom stereocenters. The first-order valence-electron chi connectivity index (χ1n) is 6.36. The predicted molar refractivity (Wildman–Crippen MR) is 75.8 cm³/mol. The Morgan fingerprint density at radius 2 is 2.21 bits per heavy atom. The van der Waals surface area contributed by atoms with Gasteiger partial charge in [-0.3, -0.25) is 0 Å². The highest BCUT2D eigenvalue weighted by atomic mass is 15.0. The van der Waals surface area contributed by atoms with E-state index in [1.807, 2.05) is 30.9 Å². The topological polar surface area (TPSA) is 72.5 Å². The molecule has 0 bridgehead atoms. The van der Waals surface area contributed by atoms with Gasteiger partial charge in [0.15, 0.2) is 0 Å². The van der Waals surface area contributed by atoms with Crippen LogP contribution in [0, 0.1) is 6.92 Å². The molecule has 0 unspecified atom stereocenters. The molecule has 2 heterocycles. The summed E-state index contributed by atoms with van der Waals surface area (Å²) in [6, 6.07) is 6.18. The number of nitrogens with one attached hydrogen (secondary N) is 1. The van der Waals surface area contributed by atoms with Crippen LogP contribution in [0.1, 0.15) is 11.5 Å². The Morgan fingerprint density at radius 1 is 1.37 bits per heavy atom. The second-order valence-electron chi connectivity index (χ2n) is 4.74. The van der Waals surface area contributed by atoms with Gasteiger partial charge in [-0.25, -0.2) is 9.97 Å². The summed E-state index contributed by atoms with van der Waals surface area (Å²) in [5.41, 5.74) is 11.0. The van der Waals surface area contributed by atoms with Gasteiger partial charge >= 0.3 is 0 Å². The van der Waals surface area contributed by atoms with Crippen molar-refractivity contribution in [2.24, 2.45) is 12.8 Å². The number of fused-ring (bicyclic) bond motifs is 1. The maximum absolute atomic E-state index is 5.67. The Kier molecular flexibility index (Phi) is 2.83. The van der Waals surface area contributed by atoms with Crippen LogP contribution in [0.25, 0.3) is 22.3 Å². The maximum atomic E-state index is 5.67. The van der Waals surface area contributed by atoms with Gasteiger partial charge in [0, 0.05) is 24.7 Å². The van der Waals surface area contributed by atoms with Crippen molar-refractivity contribution in [1.29, 1.82) is 0 Å². The van der Waals surface area contributed by atoms with Gasteiger partial charge in [0.25, 0.3) is 0 Å². The van der Waals surface area contributed by atoms with Crippen molar-refractivity contribution in [3.8, 4) is 11.3 Å². The molecule has 2 aromatic heterocycles. The average Bonchev–Trinajstić information content (AvgIpc) is 2.92. The number of nitrogens with two attached hydrogens (primary N) is 1. The fourth-order valence-corrected chi connectivity index (χ4v) is 2.41. The second kappa shape index (κ2) is 4.51. The molecule has 19 heavy (non-hydrogen) atoms. The summed E-state index contributed by atoms with van der Waals surface area (Å²) < 4.78 is 2.03. The van der Waals surface area contributed by atoms with Gasteiger partial charge in [0.1, 0.15) is 5.82 Å². The third-order valence-electron chi connectivity index (χ3n) is 3.31. The molecule has 3 aromatic rings. The minimum atomic E-state index is 0.623. The van der Waals surface area contributed by atoms with E-state index in [1.54, 1.807) is 0 Å².